The molecule has 2 aliphatic heterocycles. The van der Waals surface area contributed by atoms with Crippen LogP contribution in [0.4, 0.5) is 22.7 Å². The van der Waals surface area contributed by atoms with Crippen molar-refractivity contribution in [2.45, 2.75) is 31.1 Å². The van der Waals surface area contributed by atoms with Crippen LogP contribution in [0.3, 0.4) is 0 Å². The fraction of sp³-hybridized carbons (Fsp3) is 0.217. The highest BCUT2D eigenvalue weighted by atomic mass is 35.5. The zero-order valence-corrected chi connectivity index (χ0v) is 31.2. The number of benzene rings is 5. The minimum atomic E-state index is -1.52. The van der Waals surface area contributed by atoms with Gasteiger partial charge in [0.15, 0.2) is 11.5 Å². The van der Waals surface area contributed by atoms with Crippen LogP contribution in [0.25, 0.3) is 0 Å². The SMILES string of the molecule is CCOc1cccc([C@H]2C3=CC[C@@H]4C(=O)N(c5ccc(Nc6ccccc6)cc5)C(=O)[C@@H]4[C@@H]3C[C@H]3C(=O)N(c4cccc(Cl)c4)C(=O)[C@@]23c2ccccc2)c1O. The number of ether oxygens (including phenoxy) is 1. The van der Waals surface area contributed by atoms with Crippen LogP contribution in [0, 0.1) is 23.7 Å². The van der Waals surface area contributed by atoms with Gasteiger partial charge in [0.1, 0.15) is 0 Å². The van der Waals surface area contributed by atoms with Gasteiger partial charge in [-0.15, -0.1) is 0 Å². The third-order valence-electron chi connectivity index (χ3n) is 12.0. The van der Waals surface area contributed by atoms with E-state index in [1.807, 2.05) is 85.8 Å². The Kier molecular flexibility index (Phi) is 8.77. The van der Waals surface area contributed by atoms with E-state index in [2.05, 4.69) is 5.32 Å². The fourth-order valence-corrected chi connectivity index (χ4v) is 9.95. The average Bonchev–Trinajstić information content (AvgIpc) is 3.60. The first-order valence-electron chi connectivity index (χ1n) is 18.9. The number of aromatic hydroxyl groups is 1. The van der Waals surface area contributed by atoms with Gasteiger partial charge in [-0.25, -0.2) is 4.90 Å². The lowest BCUT2D eigenvalue weighted by atomic mass is 9.49. The van der Waals surface area contributed by atoms with E-state index >= 15 is 9.59 Å². The Morgan fingerprint density at radius 3 is 2.16 bits per heavy atom. The van der Waals surface area contributed by atoms with Crippen molar-refractivity contribution in [2.75, 3.05) is 21.7 Å². The predicted molar refractivity (Wildman–Crippen MR) is 214 cm³/mol. The molecular formula is C46H38ClN3O6. The molecule has 2 saturated heterocycles. The molecule has 0 radical (unpaired) electrons. The summed E-state index contributed by atoms with van der Waals surface area (Å²) in [4.78, 5) is 62.0. The number of rotatable bonds is 8. The largest absolute Gasteiger partial charge is 0.504 e. The molecule has 0 aromatic heterocycles. The summed E-state index contributed by atoms with van der Waals surface area (Å²) in [5, 5.41) is 15.7. The molecule has 4 aliphatic rings. The van der Waals surface area contributed by atoms with Crippen molar-refractivity contribution in [3.05, 3.63) is 155 Å². The van der Waals surface area contributed by atoms with E-state index in [0.29, 0.717) is 34.1 Å². The third-order valence-corrected chi connectivity index (χ3v) is 12.2. The van der Waals surface area contributed by atoms with Gasteiger partial charge in [0, 0.05) is 27.9 Å². The average molecular weight is 764 g/mol. The van der Waals surface area contributed by atoms with E-state index in [-0.39, 0.29) is 36.2 Å². The summed E-state index contributed by atoms with van der Waals surface area (Å²) in [5.41, 5.74) is 2.74. The number of hydrogen-bond donors (Lipinski definition) is 2. The van der Waals surface area contributed by atoms with Gasteiger partial charge in [-0.3, -0.25) is 24.1 Å². The van der Waals surface area contributed by atoms with Crippen molar-refractivity contribution in [3.8, 4) is 11.5 Å². The molecule has 0 unspecified atom stereocenters. The van der Waals surface area contributed by atoms with E-state index in [0.717, 1.165) is 16.9 Å². The monoisotopic (exact) mass is 763 g/mol. The molecule has 1 saturated carbocycles. The molecule has 0 spiro atoms. The molecule has 3 fully saturated rings. The molecule has 9 nitrogen and oxygen atoms in total. The number of carbonyl (C=O) groups excluding carboxylic acids is 4. The molecule has 9 rings (SSSR count). The second-order valence-corrected chi connectivity index (χ2v) is 15.2. The topological polar surface area (TPSA) is 116 Å². The number of halogens is 1. The van der Waals surface area contributed by atoms with Crippen LogP contribution in [0.2, 0.25) is 5.02 Å². The van der Waals surface area contributed by atoms with Crippen LogP contribution >= 0.6 is 11.6 Å². The minimum Gasteiger partial charge on any atom is -0.504 e. The lowest BCUT2D eigenvalue weighted by molar-refractivity contribution is -0.127. The van der Waals surface area contributed by atoms with Gasteiger partial charge in [-0.1, -0.05) is 90.0 Å². The highest BCUT2D eigenvalue weighted by molar-refractivity contribution is 6.32. The highest BCUT2D eigenvalue weighted by Gasteiger charge is 2.70. The number of phenolic OH excluding ortho intramolecular Hbond substituents is 1. The Labute approximate surface area is 329 Å². The Balaban J connectivity index is 1.18. The molecule has 6 atom stereocenters. The lowest BCUT2D eigenvalue weighted by Crippen LogP contribution is -2.53. The fourth-order valence-electron chi connectivity index (χ4n) is 9.77. The van der Waals surface area contributed by atoms with Gasteiger partial charge >= 0.3 is 0 Å². The Morgan fingerprint density at radius 2 is 1.45 bits per heavy atom. The van der Waals surface area contributed by atoms with Gasteiger partial charge in [-0.2, -0.15) is 0 Å². The van der Waals surface area contributed by atoms with E-state index in [1.54, 1.807) is 54.6 Å². The number of allylic oxidation sites excluding steroid dienone is 2. The maximum atomic E-state index is 15.5. The zero-order valence-electron chi connectivity index (χ0n) is 30.5. The van der Waals surface area contributed by atoms with Crippen LogP contribution in [0.15, 0.2) is 139 Å². The maximum Gasteiger partial charge on any atom is 0.246 e. The molecule has 5 aromatic carbocycles. The number of amides is 4. The van der Waals surface area contributed by atoms with Crippen molar-refractivity contribution in [1.82, 2.24) is 0 Å². The molecule has 10 heteroatoms. The van der Waals surface area contributed by atoms with Crippen molar-refractivity contribution < 1.29 is 29.0 Å². The molecule has 2 aliphatic carbocycles. The molecule has 56 heavy (non-hydrogen) atoms. The summed E-state index contributed by atoms with van der Waals surface area (Å²) in [6.45, 7) is 2.11. The summed E-state index contributed by atoms with van der Waals surface area (Å²) in [5.74, 6) is -5.32. The molecule has 0 bridgehead atoms. The van der Waals surface area contributed by atoms with Crippen LogP contribution in [0.1, 0.15) is 36.8 Å². The van der Waals surface area contributed by atoms with Gasteiger partial charge in [0.25, 0.3) is 0 Å². The first-order valence-corrected chi connectivity index (χ1v) is 19.3. The van der Waals surface area contributed by atoms with Crippen LogP contribution < -0.4 is 19.9 Å². The summed E-state index contributed by atoms with van der Waals surface area (Å²) in [6.07, 6.45) is 2.37. The first kappa shape index (κ1) is 35.5. The van der Waals surface area contributed by atoms with E-state index < -0.39 is 46.8 Å². The number of nitrogens with zero attached hydrogens (tertiary/aromatic N) is 2. The number of nitrogens with one attached hydrogen (secondary N) is 1. The summed E-state index contributed by atoms with van der Waals surface area (Å²) >= 11 is 6.43. The minimum absolute atomic E-state index is 0.138. The standard InChI is InChI=1S/C46H38ClN3O6/c1-2-56-38-18-10-17-35(41(38)51)40-33-23-24-34-39(44(54)49(42(34)52)31-21-19-30(20-22-31)48-29-14-7-4-8-15-29)36(33)26-37-43(53)50(32-16-9-13-28(47)25-32)45(55)46(37,40)27-11-5-3-6-12-27/h3-23,25,34,36-37,39-40,48,51H,2,24,26H2,1H3/t34-,36+,37-,39-,40+,46+/m0/s1. The third kappa shape index (κ3) is 5.36. The van der Waals surface area contributed by atoms with Crippen LogP contribution in [0.5, 0.6) is 11.5 Å². The predicted octanol–water partition coefficient (Wildman–Crippen LogP) is 8.55. The molecule has 2 heterocycles. The number of anilines is 4. The molecule has 5 aromatic rings. The van der Waals surface area contributed by atoms with Crippen molar-refractivity contribution in [3.63, 3.8) is 0 Å². The number of phenols is 1. The highest BCUT2D eigenvalue weighted by Crippen LogP contribution is 2.65. The van der Waals surface area contributed by atoms with Gasteiger partial charge in [0.05, 0.1) is 41.2 Å². The normalized spacial score (nSPS) is 25.4. The van der Waals surface area contributed by atoms with E-state index in [1.165, 1.54) is 9.80 Å². The smallest absolute Gasteiger partial charge is 0.246 e. The second kappa shape index (κ2) is 13.8. The summed E-state index contributed by atoms with van der Waals surface area (Å²) in [7, 11) is 0. The lowest BCUT2D eigenvalue weighted by Gasteiger charge is -2.50. The number of hydrogen-bond acceptors (Lipinski definition) is 7. The Bertz CT molecular complexity index is 2420. The maximum absolute atomic E-state index is 15.5. The Hall–Kier alpha value is -6.19. The van der Waals surface area contributed by atoms with Gasteiger partial charge < -0.3 is 15.2 Å². The number of carbonyl (C=O) groups is 4. The molecule has 280 valence electrons. The van der Waals surface area contributed by atoms with Crippen molar-refractivity contribution >= 4 is 58.0 Å². The van der Waals surface area contributed by atoms with Crippen molar-refractivity contribution in [1.29, 1.82) is 0 Å². The summed E-state index contributed by atoms with van der Waals surface area (Å²) < 4.78 is 5.85. The van der Waals surface area contributed by atoms with Crippen LogP contribution in [-0.2, 0) is 24.6 Å². The van der Waals surface area contributed by atoms with Gasteiger partial charge in [0.2, 0.25) is 23.6 Å². The van der Waals surface area contributed by atoms with E-state index in [9.17, 15) is 14.7 Å². The number of fused-ring (bicyclic) bond motifs is 4. The number of imide groups is 2. The molecule has 2 N–H and O–H groups in total. The number of para-hydroxylation sites is 2. The zero-order chi connectivity index (χ0) is 38.7. The quantitative estimate of drug-likeness (QED) is 0.120. The molecular weight excluding hydrogens is 726 g/mol. The first-order chi connectivity index (χ1) is 27.2. The van der Waals surface area contributed by atoms with Gasteiger partial charge in [-0.05, 0) is 91.9 Å². The van der Waals surface area contributed by atoms with Crippen molar-refractivity contribution in [2.24, 2.45) is 23.7 Å². The van der Waals surface area contributed by atoms with E-state index in [4.69, 9.17) is 16.3 Å². The summed E-state index contributed by atoms with van der Waals surface area (Å²) in [6, 6.07) is 38.0. The Morgan fingerprint density at radius 1 is 0.750 bits per heavy atom. The second-order valence-electron chi connectivity index (χ2n) is 14.8. The molecule has 4 amide bonds. The van der Waals surface area contributed by atoms with Crippen LogP contribution in [-0.4, -0.2) is 35.3 Å².